The van der Waals surface area contributed by atoms with Crippen molar-refractivity contribution in [2.24, 2.45) is 0 Å². The Morgan fingerprint density at radius 1 is 0.933 bits per heavy atom. The molecule has 0 atom stereocenters. The fourth-order valence-corrected chi connectivity index (χ4v) is 2.49. The summed E-state index contributed by atoms with van der Waals surface area (Å²) in [5.41, 5.74) is 0.601. The predicted molar refractivity (Wildman–Crippen MR) is 108 cm³/mol. The first kappa shape index (κ1) is 22.3. The van der Waals surface area contributed by atoms with E-state index < -0.39 is 11.9 Å². The van der Waals surface area contributed by atoms with Crippen LogP contribution in [-0.4, -0.2) is 39.9 Å². The zero-order valence-corrected chi connectivity index (χ0v) is 17.1. The second kappa shape index (κ2) is 10.5. The number of rotatable bonds is 8. The van der Waals surface area contributed by atoms with Gasteiger partial charge in [0.15, 0.2) is 23.0 Å². The summed E-state index contributed by atoms with van der Waals surface area (Å²) in [6.07, 6.45) is 1.36. The Labute approximate surface area is 174 Å². The Balaban J connectivity index is 2.28. The lowest BCUT2D eigenvalue weighted by Crippen LogP contribution is -2.10. The third-order valence-electron chi connectivity index (χ3n) is 3.94. The van der Waals surface area contributed by atoms with Crippen LogP contribution in [0.2, 0.25) is 0 Å². The molecule has 0 amide bonds. The molecule has 0 saturated heterocycles. The predicted octanol–water partition coefficient (Wildman–Crippen LogP) is 3.40. The van der Waals surface area contributed by atoms with E-state index in [0.717, 1.165) is 0 Å². The minimum absolute atomic E-state index is 0.158. The molecule has 30 heavy (non-hydrogen) atoms. The van der Waals surface area contributed by atoms with Crippen LogP contribution >= 0.6 is 0 Å². The van der Waals surface area contributed by atoms with Gasteiger partial charge in [0.05, 0.1) is 33.5 Å². The average molecular weight is 411 g/mol. The second-order valence-corrected chi connectivity index (χ2v) is 5.76. The highest BCUT2D eigenvalue weighted by molar-refractivity contribution is 5.98. The van der Waals surface area contributed by atoms with E-state index in [2.05, 4.69) is 0 Å². The van der Waals surface area contributed by atoms with Crippen molar-refractivity contribution in [3.63, 3.8) is 0 Å². The molecule has 0 spiro atoms. The molecule has 2 aromatic rings. The van der Waals surface area contributed by atoms with E-state index in [9.17, 15) is 9.59 Å². The highest BCUT2D eigenvalue weighted by Crippen LogP contribution is 2.31. The molecule has 8 nitrogen and oxygen atoms in total. The van der Waals surface area contributed by atoms with Crippen molar-refractivity contribution in [2.45, 2.75) is 6.92 Å². The Morgan fingerprint density at radius 3 is 2.17 bits per heavy atom. The van der Waals surface area contributed by atoms with E-state index in [1.807, 2.05) is 0 Å². The molecular weight excluding hydrogens is 390 g/mol. The topological polar surface area (TPSA) is 104 Å². The summed E-state index contributed by atoms with van der Waals surface area (Å²) in [7, 11) is 4.37. The number of benzene rings is 2. The first-order valence-corrected chi connectivity index (χ1v) is 8.88. The van der Waals surface area contributed by atoms with Crippen LogP contribution in [0.1, 0.15) is 22.8 Å². The van der Waals surface area contributed by atoms with Crippen LogP contribution in [0.15, 0.2) is 42.0 Å². The third kappa shape index (κ3) is 5.29. The van der Waals surface area contributed by atoms with Gasteiger partial charge in [-0.05, 0) is 48.9 Å². The van der Waals surface area contributed by atoms with Gasteiger partial charge < -0.3 is 23.7 Å². The smallest absolute Gasteiger partial charge is 0.348 e. The van der Waals surface area contributed by atoms with Crippen molar-refractivity contribution in [2.75, 3.05) is 27.9 Å². The molecule has 0 aliphatic heterocycles. The summed E-state index contributed by atoms with van der Waals surface area (Å²) >= 11 is 0. The second-order valence-electron chi connectivity index (χ2n) is 5.76. The molecule has 0 N–H and O–H groups in total. The van der Waals surface area contributed by atoms with Crippen molar-refractivity contribution >= 4 is 18.0 Å². The first-order chi connectivity index (χ1) is 14.5. The van der Waals surface area contributed by atoms with Crippen LogP contribution in [-0.2, 0) is 9.53 Å². The minimum atomic E-state index is -0.720. The molecule has 0 heterocycles. The number of ether oxygens (including phenoxy) is 5. The van der Waals surface area contributed by atoms with Crippen LogP contribution in [0.3, 0.4) is 0 Å². The third-order valence-corrected chi connectivity index (χ3v) is 3.94. The monoisotopic (exact) mass is 411 g/mol. The summed E-state index contributed by atoms with van der Waals surface area (Å²) < 4.78 is 25.9. The van der Waals surface area contributed by atoms with Crippen molar-refractivity contribution < 1.29 is 33.3 Å². The fourth-order valence-electron chi connectivity index (χ4n) is 2.49. The van der Waals surface area contributed by atoms with Crippen molar-refractivity contribution in [1.82, 2.24) is 0 Å². The molecule has 0 aliphatic rings. The standard InChI is InChI=1S/C22H21NO7/c1-5-29-21(24)16(13-23)10-14-6-8-18(19(11-14)27-3)30-22(25)15-7-9-17(26-2)20(12-15)28-4/h6-12H,5H2,1-4H3/b16-10-. The average Bonchev–Trinajstić information content (AvgIpc) is 2.77. The van der Waals surface area contributed by atoms with Gasteiger partial charge in [0.1, 0.15) is 11.6 Å². The van der Waals surface area contributed by atoms with Crippen LogP contribution in [0.25, 0.3) is 6.08 Å². The van der Waals surface area contributed by atoms with Gasteiger partial charge in [-0.15, -0.1) is 0 Å². The van der Waals surface area contributed by atoms with Gasteiger partial charge in [0.2, 0.25) is 0 Å². The van der Waals surface area contributed by atoms with Gasteiger partial charge in [0, 0.05) is 0 Å². The van der Waals surface area contributed by atoms with Crippen molar-refractivity contribution in [1.29, 1.82) is 5.26 Å². The molecule has 0 saturated carbocycles. The summed E-state index contributed by atoms with van der Waals surface area (Å²) in [6, 6.07) is 11.1. The molecule has 0 unspecified atom stereocenters. The molecular formula is C22H21NO7. The summed E-state index contributed by atoms with van der Waals surface area (Å²) in [5, 5.41) is 9.15. The minimum Gasteiger partial charge on any atom is -0.493 e. The first-order valence-electron chi connectivity index (χ1n) is 8.88. The molecule has 2 aromatic carbocycles. The molecule has 8 heteroatoms. The molecule has 0 bridgehead atoms. The molecule has 2 rings (SSSR count). The number of carbonyl (C=O) groups is 2. The van der Waals surface area contributed by atoms with Crippen LogP contribution < -0.4 is 18.9 Å². The van der Waals surface area contributed by atoms with Gasteiger partial charge in [-0.1, -0.05) is 6.07 Å². The van der Waals surface area contributed by atoms with Gasteiger partial charge >= 0.3 is 11.9 Å². The zero-order chi connectivity index (χ0) is 22.1. The maximum absolute atomic E-state index is 12.5. The maximum atomic E-state index is 12.5. The molecule has 0 fully saturated rings. The number of carbonyl (C=O) groups excluding carboxylic acids is 2. The Bertz CT molecular complexity index is 1010. The van der Waals surface area contributed by atoms with Crippen LogP contribution in [0.5, 0.6) is 23.0 Å². The van der Waals surface area contributed by atoms with Crippen LogP contribution in [0, 0.1) is 11.3 Å². The zero-order valence-electron chi connectivity index (χ0n) is 17.1. The lowest BCUT2D eigenvalue weighted by Gasteiger charge is -2.12. The van der Waals surface area contributed by atoms with Crippen LogP contribution in [0.4, 0.5) is 0 Å². The molecule has 156 valence electrons. The van der Waals surface area contributed by atoms with E-state index >= 15 is 0 Å². The Morgan fingerprint density at radius 2 is 1.57 bits per heavy atom. The lowest BCUT2D eigenvalue weighted by molar-refractivity contribution is -0.137. The lowest BCUT2D eigenvalue weighted by atomic mass is 10.1. The highest BCUT2D eigenvalue weighted by atomic mass is 16.6. The normalized spacial score (nSPS) is 10.6. The molecule has 0 aromatic heterocycles. The SMILES string of the molecule is CCOC(=O)/C(C#N)=C\c1ccc(OC(=O)c2ccc(OC)c(OC)c2)c(OC)c1. The van der Waals surface area contributed by atoms with Crippen molar-refractivity contribution in [3.05, 3.63) is 53.1 Å². The van der Waals surface area contributed by atoms with Gasteiger partial charge in [-0.3, -0.25) is 0 Å². The summed E-state index contributed by atoms with van der Waals surface area (Å²) in [5.74, 6) is -0.0485. The number of nitriles is 1. The van der Waals surface area contributed by atoms with Gasteiger partial charge in [0.25, 0.3) is 0 Å². The fraction of sp³-hybridized carbons (Fsp3) is 0.227. The Kier molecular flexibility index (Phi) is 7.82. The van der Waals surface area contributed by atoms with Crippen molar-refractivity contribution in [3.8, 4) is 29.1 Å². The van der Waals surface area contributed by atoms with E-state index in [1.165, 1.54) is 45.6 Å². The largest absolute Gasteiger partial charge is 0.493 e. The summed E-state index contributed by atoms with van der Waals surface area (Å²) in [4.78, 5) is 24.3. The quantitative estimate of drug-likeness (QED) is 0.282. The van der Waals surface area contributed by atoms with Gasteiger partial charge in [-0.25, -0.2) is 9.59 Å². The number of methoxy groups -OCH3 is 3. The number of nitrogens with zero attached hydrogens (tertiary/aromatic N) is 1. The van der Waals surface area contributed by atoms with E-state index in [-0.39, 0.29) is 29.2 Å². The van der Waals surface area contributed by atoms with E-state index in [0.29, 0.717) is 17.1 Å². The van der Waals surface area contributed by atoms with E-state index in [1.54, 1.807) is 31.2 Å². The summed E-state index contributed by atoms with van der Waals surface area (Å²) in [6.45, 7) is 1.81. The molecule has 0 radical (unpaired) electrons. The highest BCUT2D eigenvalue weighted by Gasteiger charge is 2.16. The maximum Gasteiger partial charge on any atom is 0.348 e. The Hall–Kier alpha value is -3.99. The van der Waals surface area contributed by atoms with E-state index in [4.69, 9.17) is 28.9 Å². The number of esters is 2. The van der Waals surface area contributed by atoms with Gasteiger partial charge in [-0.2, -0.15) is 5.26 Å². The number of hydrogen-bond acceptors (Lipinski definition) is 8. The number of hydrogen-bond donors (Lipinski definition) is 0. The molecule has 0 aliphatic carbocycles.